The molecule has 4 heteroatoms. The maximum Gasteiger partial charge on any atom is 0.303 e. The zero-order valence-electron chi connectivity index (χ0n) is 11.6. The van der Waals surface area contributed by atoms with Crippen LogP contribution in [0.3, 0.4) is 0 Å². The Hall–Kier alpha value is -2.10. The van der Waals surface area contributed by atoms with Crippen LogP contribution in [0.5, 0.6) is 5.75 Å². The third kappa shape index (κ3) is 3.47. The first-order valence-corrected chi connectivity index (χ1v) is 6.93. The third-order valence-corrected chi connectivity index (χ3v) is 3.19. The summed E-state index contributed by atoms with van der Waals surface area (Å²) in [5, 5.41) is 9.78. The summed E-state index contributed by atoms with van der Waals surface area (Å²) < 4.78 is 5.76. The molecule has 20 heavy (non-hydrogen) atoms. The third-order valence-electron chi connectivity index (χ3n) is 3.19. The molecule has 1 N–H and O–H groups in total. The van der Waals surface area contributed by atoms with Gasteiger partial charge in [0, 0.05) is 18.0 Å². The Morgan fingerprint density at radius 2 is 2.20 bits per heavy atom. The van der Waals surface area contributed by atoms with Crippen LogP contribution >= 0.6 is 0 Å². The average molecular weight is 273 g/mol. The van der Waals surface area contributed by atoms with E-state index in [1.54, 1.807) is 6.20 Å². The van der Waals surface area contributed by atoms with Gasteiger partial charge in [-0.2, -0.15) is 0 Å². The van der Waals surface area contributed by atoms with Gasteiger partial charge >= 0.3 is 5.97 Å². The highest BCUT2D eigenvalue weighted by molar-refractivity contribution is 5.87. The smallest absolute Gasteiger partial charge is 0.303 e. The van der Waals surface area contributed by atoms with E-state index in [0.717, 1.165) is 35.1 Å². The van der Waals surface area contributed by atoms with Gasteiger partial charge in [-0.25, -0.2) is 0 Å². The van der Waals surface area contributed by atoms with Gasteiger partial charge in [0.1, 0.15) is 11.3 Å². The molecule has 1 aromatic heterocycles. The minimum absolute atomic E-state index is 0.125. The molecule has 2 aromatic rings. The van der Waals surface area contributed by atoms with E-state index in [2.05, 4.69) is 11.9 Å². The number of fused-ring (bicyclic) bond motifs is 1. The van der Waals surface area contributed by atoms with E-state index in [1.807, 2.05) is 24.3 Å². The SMILES string of the molecule is CCCCOc1ccc(CCC(=O)O)c2cccnc12. The van der Waals surface area contributed by atoms with Crippen molar-refractivity contribution in [3.8, 4) is 5.75 Å². The first-order valence-electron chi connectivity index (χ1n) is 6.93. The summed E-state index contributed by atoms with van der Waals surface area (Å²) in [6, 6.07) is 7.66. The Kier molecular flexibility index (Phi) is 4.93. The molecular formula is C16H19NO3. The number of rotatable bonds is 7. The summed E-state index contributed by atoms with van der Waals surface area (Å²) in [5.41, 5.74) is 1.81. The van der Waals surface area contributed by atoms with E-state index < -0.39 is 5.97 Å². The Bertz CT molecular complexity index is 595. The quantitative estimate of drug-likeness (QED) is 0.785. The normalized spacial score (nSPS) is 10.7. The molecular weight excluding hydrogens is 254 g/mol. The van der Waals surface area contributed by atoms with Crippen LogP contribution in [0.4, 0.5) is 0 Å². The topological polar surface area (TPSA) is 59.4 Å². The zero-order valence-corrected chi connectivity index (χ0v) is 11.6. The summed E-state index contributed by atoms with van der Waals surface area (Å²) in [7, 11) is 0. The van der Waals surface area contributed by atoms with E-state index in [9.17, 15) is 4.79 Å². The number of aromatic nitrogens is 1. The number of pyridine rings is 1. The first-order chi connectivity index (χ1) is 9.72. The summed E-state index contributed by atoms with van der Waals surface area (Å²) in [6.45, 7) is 2.80. The molecule has 0 amide bonds. The molecule has 0 aliphatic heterocycles. The fourth-order valence-electron chi connectivity index (χ4n) is 2.11. The van der Waals surface area contributed by atoms with Crippen LogP contribution < -0.4 is 4.74 Å². The number of aliphatic carboxylic acids is 1. The monoisotopic (exact) mass is 273 g/mol. The van der Waals surface area contributed by atoms with Crippen molar-refractivity contribution in [2.24, 2.45) is 0 Å². The van der Waals surface area contributed by atoms with Gasteiger partial charge in [-0.3, -0.25) is 9.78 Å². The van der Waals surface area contributed by atoms with Gasteiger partial charge in [-0.15, -0.1) is 0 Å². The second kappa shape index (κ2) is 6.89. The molecule has 0 saturated carbocycles. The molecule has 1 heterocycles. The van der Waals surface area contributed by atoms with Crippen LogP contribution in [0.1, 0.15) is 31.7 Å². The zero-order chi connectivity index (χ0) is 14.4. The molecule has 106 valence electrons. The van der Waals surface area contributed by atoms with Crippen LogP contribution in [0.25, 0.3) is 10.9 Å². The summed E-state index contributed by atoms with van der Waals surface area (Å²) in [4.78, 5) is 15.1. The second-order valence-electron chi connectivity index (χ2n) is 4.72. The number of nitrogens with zero attached hydrogens (tertiary/aromatic N) is 1. The van der Waals surface area contributed by atoms with Gasteiger partial charge in [0.15, 0.2) is 0 Å². The molecule has 0 fully saturated rings. The maximum atomic E-state index is 10.7. The lowest BCUT2D eigenvalue weighted by molar-refractivity contribution is -0.136. The number of benzene rings is 1. The largest absolute Gasteiger partial charge is 0.491 e. The number of unbranched alkanes of at least 4 members (excludes halogenated alkanes) is 1. The number of aryl methyl sites for hydroxylation is 1. The first kappa shape index (κ1) is 14.3. The molecule has 0 unspecified atom stereocenters. The molecule has 1 aromatic carbocycles. The van der Waals surface area contributed by atoms with Crippen molar-refractivity contribution in [3.63, 3.8) is 0 Å². The standard InChI is InChI=1S/C16H19NO3/c1-2-3-11-20-14-8-6-12(7-9-15(18)19)13-5-4-10-17-16(13)14/h4-6,8,10H,2-3,7,9,11H2,1H3,(H,18,19). The molecule has 0 bridgehead atoms. The van der Waals surface area contributed by atoms with Crippen molar-refractivity contribution >= 4 is 16.9 Å². The number of carboxylic acid groups (broad SMARTS) is 1. The Labute approximate surface area is 118 Å². The van der Waals surface area contributed by atoms with Crippen molar-refractivity contribution in [3.05, 3.63) is 36.0 Å². The molecule has 2 rings (SSSR count). The predicted octanol–water partition coefficient (Wildman–Crippen LogP) is 3.43. The van der Waals surface area contributed by atoms with Gasteiger partial charge in [0.2, 0.25) is 0 Å². The summed E-state index contributed by atoms with van der Waals surface area (Å²) in [6.07, 6.45) is 4.46. The van der Waals surface area contributed by atoms with Crippen LogP contribution in [-0.4, -0.2) is 22.7 Å². The van der Waals surface area contributed by atoms with E-state index in [4.69, 9.17) is 9.84 Å². The van der Waals surface area contributed by atoms with Gasteiger partial charge in [0.05, 0.1) is 6.61 Å². The fraction of sp³-hybridized carbons (Fsp3) is 0.375. The number of hydrogen-bond donors (Lipinski definition) is 1. The average Bonchev–Trinajstić information content (AvgIpc) is 2.46. The minimum Gasteiger partial charge on any atom is -0.491 e. The lowest BCUT2D eigenvalue weighted by Gasteiger charge is -2.11. The van der Waals surface area contributed by atoms with Crippen LogP contribution in [0.2, 0.25) is 0 Å². The van der Waals surface area contributed by atoms with Crippen LogP contribution in [0, 0.1) is 0 Å². The summed E-state index contributed by atoms with van der Waals surface area (Å²) in [5.74, 6) is -0.0153. The highest BCUT2D eigenvalue weighted by Gasteiger charge is 2.09. The van der Waals surface area contributed by atoms with Crippen molar-refractivity contribution in [2.75, 3.05) is 6.61 Å². The highest BCUT2D eigenvalue weighted by Crippen LogP contribution is 2.27. The van der Waals surface area contributed by atoms with Crippen molar-refractivity contribution in [1.29, 1.82) is 0 Å². The van der Waals surface area contributed by atoms with Crippen molar-refractivity contribution in [2.45, 2.75) is 32.6 Å². The Morgan fingerprint density at radius 3 is 2.95 bits per heavy atom. The molecule has 0 saturated heterocycles. The number of hydrogen-bond acceptors (Lipinski definition) is 3. The highest BCUT2D eigenvalue weighted by atomic mass is 16.5. The lowest BCUT2D eigenvalue weighted by Crippen LogP contribution is -2.01. The van der Waals surface area contributed by atoms with Crippen molar-refractivity contribution < 1.29 is 14.6 Å². The fourth-order valence-corrected chi connectivity index (χ4v) is 2.11. The Balaban J connectivity index is 2.29. The van der Waals surface area contributed by atoms with Gasteiger partial charge in [-0.05, 0) is 30.5 Å². The van der Waals surface area contributed by atoms with Crippen molar-refractivity contribution in [1.82, 2.24) is 4.98 Å². The molecule has 0 aliphatic carbocycles. The van der Waals surface area contributed by atoms with Crippen LogP contribution in [0.15, 0.2) is 30.5 Å². The molecule has 0 spiro atoms. The predicted molar refractivity (Wildman–Crippen MR) is 78.1 cm³/mol. The van der Waals surface area contributed by atoms with E-state index in [0.29, 0.717) is 13.0 Å². The Morgan fingerprint density at radius 1 is 1.35 bits per heavy atom. The van der Waals surface area contributed by atoms with Gasteiger partial charge in [0.25, 0.3) is 0 Å². The minimum atomic E-state index is -0.787. The number of ether oxygens (including phenoxy) is 1. The molecule has 0 atom stereocenters. The van der Waals surface area contributed by atoms with Crippen LogP contribution in [-0.2, 0) is 11.2 Å². The molecule has 0 radical (unpaired) electrons. The van der Waals surface area contributed by atoms with Gasteiger partial charge in [-0.1, -0.05) is 25.5 Å². The second-order valence-corrected chi connectivity index (χ2v) is 4.72. The van der Waals surface area contributed by atoms with E-state index in [1.165, 1.54) is 0 Å². The number of carbonyl (C=O) groups is 1. The molecule has 4 nitrogen and oxygen atoms in total. The van der Waals surface area contributed by atoms with E-state index >= 15 is 0 Å². The molecule has 0 aliphatic rings. The van der Waals surface area contributed by atoms with E-state index in [-0.39, 0.29) is 6.42 Å². The number of carboxylic acids is 1. The van der Waals surface area contributed by atoms with Gasteiger partial charge < -0.3 is 9.84 Å². The maximum absolute atomic E-state index is 10.7. The lowest BCUT2D eigenvalue weighted by atomic mass is 10.0. The summed E-state index contributed by atoms with van der Waals surface area (Å²) >= 11 is 0.